The van der Waals surface area contributed by atoms with E-state index in [1.807, 2.05) is 0 Å². The zero-order valence-corrected chi connectivity index (χ0v) is 15.6. The Balaban J connectivity index is 1.67. The third kappa shape index (κ3) is 2.77. The summed E-state index contributed by atoms with van der Waals surface area (Å²) >= 11 is 0. The molecule has 3 heterocycles. The lowest BCUT2D eigenvalue weighted by Crippen LogP contribution is -2.56. The van der Waals surface area contributed by atoms with Gasteiger partial charge in [-0.3, -0.25) is 14.7 Å². The zero-order chi connectivity index (χ0) is 21.0. The predicted molar refractivity (Wildman–Crippen MR) is 101 cm³/mol. The predicted octanol–water partition coefficient (Wildman–Crippen LogP) is 2.35. The maximum absolute atomic E-state index is 15.2. The number of hydrogen-bond acceptors (Lipinski definition) is 5. The smallest absolute Gasteiger partial charge is 0.359 e. The first-order chi connectivity index (χ1) is 14.5. The maximum Gasteiger partial charge on any atom is 0.359 e. The molecule has 3 unspecified atom stereocenters. The quantitative estimate of drug-likeness (QED) is 0.777. The molecule has 154 valence electrons. The average molecular weight is 413 g/mol. The third-order valence-corrected chi connectivity index (χ3v) is 5.70. The van der Waals surface area contributed by atoms with Crippen molar-refractivity contribution in [1.82, 2.24) is 10.2 Å². The number of aliphatic imine (C=N–C) groups is 1. The van der Waals surface area contributed by atoms with Crippen molar-refractivity contribution in [1.29, 1.82) is 0 Å². The summed E-state index contributed by atoms with van der Waals surface area (Å²) in [6, 6.07) is 4.03. The van der Waals surface area contributed by atoms with Crippen LogP contribution in [0.3, 0.4) is 0 Å². The molecule has 9 heteroatoms. The highest BCUT2D eigenvalue weighted by Gasteiger charge is 2.49. The van der Waals surface area contributed by atoms with E-state index in [-0.39, 0.29) is 17.4 Å². The number of fused-ring (bicyclic) bond motifs is 5. The van der Waals surface area contributed by atoms with Gasteiger partial charge in [-0.1, -0.05) is 12.1 Å². The van der Waals surface area contributed by atoms with Crippen molar-refractivity contribution < 1.29 is 28.2 Å². The fourth-order valence-corrected chi connectivity index (χ4v) is 4.35. The highest BCUT2D eigenvalue weighted by Crippen LogP contribution is 2.44. The minimum atomic E-state index is -1.52. The number of carboxylic acid groups (broad SMARTS) is 1. The second-order valence-corrected chi connectivity index (χ2v) is 7.46. The fraction of sp³-hybridized carbons (Fsp3) is 0.286. The number of amides is 1. The van der Waals surface area contributed by atoms with Gasteiger partial charge in [0, 0.05) is 0 Å². The van der Waals surface area contributed by atoms with Crippen molar-refractivity contribution in [3.05, 3.63) is 70.8 Å². The van der Waals surface area contributed by atoms with Crippen LogP contribution in [0.5, 0.6) is 0 Å². The molecule has 0 saturated carbocycles. The van der Waals surface area contributed by atoms with Crippen molar-refractivity contribution in [2.24, 2.45) is 4.99 Å². The molecule has 1 aromatic carbocycles. The molecule has 1 aliphatic carbocycles. The van der Waals surface area contributed by atoms with E-state index in [4.69, 9.17) is 4.74 Å². The van der Waals surface area contributed by atoms with E-state index in [1.54, 1.807) is 0 Å². The summed E-state index contributed by atoms with van der Waals surface area (Å²) in [6.45, 7) is 0.724. The first kappa shape index (κ1) is 18.7. The fourth-order valence-electron chi connectivity index (χ4n) is 4.35. The number of carboxylic acids is 1. The Morgan fingerprint density at radius 2 is 2.03 bits per heavy atom. The van der Waals surface area contributed by atoms with Crippen molar-refractivity contribution in [2.75, 3.05) is 6.54 Å². The molecule has 0 radical (unpaired) electrons. The highest BCUT2D eigenvalue weighted by atomic mass is 19.1. The molecule has 3 aliphatic heterocycles. The van der Waals surface area contributed by atoms with Crippen LogP contribution in [0.2, 0.25) is 0 Å². The van der Waals surface area contributed by atoms with Crippen molar-refractivity contribution >= 4 is 17.6 Å². The van der Waals surface area contributed by atoms with Crippen LogP contribution in [0.4, 0.5) is 8.78 Å². The Morgan fingerprint density at radius 1 is 1.27 bits per heavy atom. The number of aliphatic carboxylic acids is 1. The van der Waals surface area contributed by atoms with Gasteiger partial charge in [0.05, 0.1) is 11.7 Å². The van der Waals surface area contributed by atoms with Crippen molar-refractivity contribution in [2.45, 2.75) is 31.0 Å². The van der Waals surface area contributed by atoms with E-state index in [0.29, 0.717) is 12.0 Å². The zero-order valence-electron chi connectivity index (χ0n) is 15.6. The maximum atomic E-state index is 15.2. The van der Waals surface area contributed by atoms with Gasteiger partial charge in [0.1, 0.15) is 29.6 Å². The van der Waals surface area contributed by atoms with Gasteiger partial charge in [0.25, 0.3) is 5.91 Å². The van der Waals surface area contributed by atoms with Crippen LogP contribution in [0.1, 0.15) is 24.4 Å². The largest absolute Gasteiger partial charge is 0.488 e. The first-order valence-electron chi connectivity index (χ1n) is 9.56. The summed E-state index contributed by atoms with van der Waals surface area (Å²) in [5.41, 5.74) is 0.724. The minimum absolute atomic E-state index is 0.0404. The second-order valence-electron chi connectivity index (χ2n) is 7.46. The monoisotopic (exact) mass is 413 g/mol. The molecule has 3 atom stereocenters. The number of nitrogens with one attached hydrogen (secondary N) is 1. The Hall–Kier alpha value is -3.33. The Kier molecular flexibility index (Phi) is 4.28. The van der Waals surface area contributed by atoms with E-state index in [1.165, 1.54) is 36.6 Å². The van der Waals surface area contributed by atoms with Gasteiger partial charge in [0.2, 0.25) is 5.71 Å². The van der Waals surface area contributed by atoms with E-state index in [9.17, 15) is 19.1 Å². The van der Waals surface area contributed by atoms with Crippen LogP contribution in [-0.2, 0) is 14.3 Å². The van der Waals surface area contributed by atoms with Gasteiger partial charge in [-0.25, -0.2) is 13.6 Å². The van der Waals surface area contributed by atoms with Gasteiger partial charge in [0.15, 0.2) is 6.10 Å². The average Bonchev–Trinajstić information content (AvgIpc) is 2.74. The number of allylic oxidation sites excluding steroid dienone is 2. The number of piperidine rings is 1. The molecule has 1 amide bonds. The van der Waals surface area contributed by atoms with Gasteiger partial charge >= 0.3 is 5.97 Å². The van der Waals surface area contributed by atoms with Gasteiger partial charge in [-0.2, -0.15) is 0 Å². The molecule has 2 N–H and O–H groups in total. The van der Waals surface area contributed by atoms with Crippen LogP contribution in [-0.4, -0.2) is 46.3 Å². The minimum Gasteiger partial charge on any atom is -0.488 e. The molecule has 7 nitrogen and oxygen atoms in total. The normalized spacial score (nSPS) is 27.8. The molecule has 1 saturated heterocycles. The highest BCUT2D eigenvalue weighted by molar-refractivity contribution is 6.64. The molecule has 0 bridgehead atoms. The number of carbonyl (C=O) groups is 2. The standard InChI is InChI=1S/C21H17F2N3O4/c22-12-5-3-10(4-6-12)15-14-9-30-19-16-11(2-1-7-24-16)8-13(23)18(19)26(14)20(27)17(25-15)21(28)29/h3-6,8-9,15-16,19,24H,1-2,7H2,(H,28,29). The van der Waals surface area contributed by atoms with Gasteiger partial charge in [-0.15, -0.1) is 0 Å². The number of benzene rings is 1. The number of ether oxygens (including phenoxy) is 1. The molecule has 5 rings (SSSR count). The van der Waals surface area contributed by atoms with Crippen LogP contribution in [0, 0.1) is 5.82 Å². The molecule has 0 aromatic heterocycles. The summed E-state index contributed by atoms with van der Waals surface area (Å²) in [7, 11) is 0. The lowest BCUT2D eigenvalue weighted by atomic mass is 9.85. The lowest BCUT2D eigenvalue weighted by molar-refractivity contribution is -0.132. The van der Waals surface area contributed by atoms with E-state index >= 15 is 4.39 Å². The molecule has 1 fully saturated rings. The van der Waals surface area contributed by atoms with E-state index in [2.05, 4.69) is 10.3 Å². The molecule has 4 aliphatic rings. The van der Waals surface area contributed by atoms with Crippen molar-refractivity contribution in [3.63, 3.8) is 0 Å². The molecule has 1 aromatic rings. The van der Waals surface area contributed by atoms with Gasteiger partial charge < -0.3 is 15.2 Å². The summed E-state index contributed by atoms with van der Waals surface area (Å²) in [4.78, 5) is 29.8. The van der Waals surface area contributed by atoms with Crippen LogP contribution in [0.25, 0.3) is 0 Å². The number of carbonyl (C=O) groups excluding carboxylic acids is 1. The number of rotatable bonds is 2. The topological polar surface area (TPSA) is 91.2 Å². The van der Waals surface area contributed by atoms with Gasteiger partial charge in [-0.05, 0) is 48.7 Å². The number of hydrogen-bond donors (Lipinski definition) is 2. The Labute approximate surface area is 170 Å². The van der Waals surface area contributed by atoms with Crippen LogP contribution < -0.4 is 5.32 Å². The third-order valence-electron chi connectivity index (χ3n) is 5.70. The number of nitrogens with zero attached hydrogens (tertiary/aromatic N) is 2. The summed E-state index contributed by atoms with van der Waals surface area (Å²) < 4.78 is 34.4. The SMILES string of the molecule is O=C(O)C1=NC(c2ccc(F)cc2)C2=COC3C(=C(F)C=C4CCCNC43)N2C1=O. The molecule has 30 heavy (non-hydrogen) atoms. The second kappa shape index (κ2) is 6.88. The van der Waals surface area contributed by atoms with Crippen molar-refractivity contribution in [3.8, 4) is 0 Å². The number of halogens is 2. The Morgan fingerprint density at radius 3 is 2.77 bits per heavy atom. The van der Waals surface area contributed by atoms with Crippen LogP contribution in [0.15, 0.2) is 64.4 Å². The summed E-state index contributed by atoms with van der Waals surface area (Å²) in [6.07, 6.45) is 3.49. The summed E-state index contributed by atoms with van der Waals surface area (Å²) in [5.74, 6) is -3.56. The Bertz CT molecular complexity index is 1070. The van der Waals surface area contributed by atoms with Crippen LogP contribution >= 0.6 is 0 Å². The summed E-state index contributed by atoms with van der Waals surface area (Å²) in [5, 5.41) is 12.8. The lowest BCUT2D eigenvalue weighted by Gasteiger charge is -2.45. The van der Waals surface area contributed by atoms with E-state index < -0.39 is 41.4 Å². The molecular formula is C21H17F2N3O4. The van der Waals surface area contributed by atoms with E-state index in [0.717, 1.165) is 23.4 Å². The molecule has 0 spiro atoms. The molecular weight excluding hydrogens is 396 g/mol. The first-order valence-corrected chi connectivity index (χ1v) is 9.56.